The van der Waals surface area contributed by atoms with Gasteiger partial charge in [0.05, 0.1) is 23.3 Å². The smallest absolute Gasteiger partial charge is 0.416 e. The molecule has 148 valence electrons. The van der Waals surface area contributed by atoms with Crippen molar-refractivity contribution in [3.63, 3.8) is 0 Å². The number of benzene rings is 2. The van der Waals surface area contributed by atoms with Gasteiger partial charge in [-0.15, -0.1) is 0 Å². The lowest BCUT2D eigenvalue weighted by Crippen LogP contribution is -2.39. The van der Waals surface area contributed by atoms with Gasteiger partial charge in [-0.05, 0) is 25.1 Å². The molecule has 0 aliphatic heterocycles. The number of rotatable bonds is 4. The molecular weight excluding hydrogens is 390 g/mol. The third-order valence-electron chi connectivity index (χ3n) is 4.29. The molecule has 4 nitrogen and oxygen atoms in total. The summed E-state index contributed by atoms with van der Waals surface area (Å²) in [6.45, 7) is 0.799. The van der Waals surface area contributed by atoms with Crippen LogP contribution in [0.2, 0.25) is 0 Å². The summed E-state index contributed by atoms with van der Waals surface area (Å²) in [4.78, 5) is 10.7. The molecule has 0 unspecified atom stereocenters. The van der Waals surface area contributed by atoms with E-state index in [1.807, 2.05) is 0 Å². The molecule has 0 saturated heterocycles. The van der Waals surface area contributed by atoms with Crippen molar-refractivity contribution >= 4 is 16.9 Å². The van der Waals surface area contributed by atoms with Crippen LogP contribution in [0.5, 0.6) is 0 Å². The van der Waals surface area contributed by atoms with E-state index in [4.69, 9.17) is 0 Å². The van der Waals surface area contributed by atoms with Gasteiger partial charge >= 0.3 is 12.1 Å². The number of fused-ring (bicyclic) bond motifs is 1. The Morgan fingerprint density at radius 2 is 1.82 bits per heavy atom. The van der Waals surface area contributed by atoms with Crippen LogP contribution in [-0.2, 0) is 23.4 Å². The Hall–Kier alpha value is -3.04. The molecule has 0 amide bonds. The van der Waals surface area contributed by atoms with Gasteiger partial charge in [-0.2, -0.15) is 27.1 Å². The normalized spacial score (nSPS) is 12.5. The number of hydrogen-bond acceptors (Lipinski definition) is 3. The van der Waals surface area contributed by atoms with Crippen molar-refractivity contribution in [3.8, 4) is 0 Å². The molecule has 1 heterocycles. The van der Waals surface area contributed by atoms with Crippen LogP contribution < -0.4 is 5.11 Å². The van der Waals surface area contributed by atoms with E-state index in [2.05, 4.69) is 5.10 Å². The number of aliphatic carboxylic acids is 1. The molecule has 0 spiro atoms. The SMILES string of the molecule is Cc1nn(Cc2c(F)cccc2C(F)(F)F)c2cc(C(F)(F)C(=O)[O-])ccc12. The lowest BCUT2D eigenvalue weighted by molar-refractivity contribution is -0.331. The highest BCUT2D eigenvalue weighted by atomic mass is 19.4. The summed E-state index contributed by atoms with van der Waals surface area (Å²) in [7, 11) is 0. The van der Waals surface area contributed by atoms with Gasteiger partial charge in [-0.1, -0.05) is 18.2 Å². The number of alkyl halides is 5. The first-order valence-corrected chi connectivity index (χ1v) is 7.84. The second kappa shape index (κ2) is 6.54. The first-order chi connectivity index (χ1) is 12.9. The van der Waals surface area contributed by atoms with Crippen molar-refractivity contribution in [2.75, 3.05) is 0 Å². The largest absolute Gasteiger partial charge is 0.544 e. The standard InChI is InChI=1S/C18H12F6N2O2/c1-9-11-6-5-10(17(20,21)16(27)28)7-15(11)26(25-9)8-12-13(18(22,23)24)3-2-4-14(12)19/h2-7H,8H2,1H3,(H,27,28)/p-1. The Kier molecular flexibility index (Phi) is 4.60. The summed E-state index contributed by atoms with van der Waals surface area (Å²) in [6.07, 6.45) is -4.83. The minimum Gasteiger partial charge on any atom is -0.544 e. The summed E-state index contributed by atoms with van der Waals surface area (Å²) in [6, 6.07) is 5.28. The van der Waals surface area contributed by atoms with Gasteiger partial charge in [0, 0.05) is 16.5 Å². The summed E-state index contributed by atoms with van der Waals surface area (Å²) >= 11 is 0. The average molecular weight is 401 g/mol. The number of hydrogen-bond donors (Lipinski definition) is 0. The Labute approximate surface area is 154 Å². The van der Waals surface area contributed by atoms with E-state index in [9.17, 15) is 36.2 Å². The second-order valence-corrected chi connectivity index (χ2v) is 6.10. The van der Waals surface area contributed by atoms with E-state index in [1.165, 1.54) is 13.0 Å². The average Bonchev–Trinajstić information content (AvgIpc) is 2.91. The minimum absolute atomic E-state index is 0.0627. The zero-order valence-corrected chi connectivity index (χ0v) is 14.1. The van der Waals surface area contributed by atoms with Gasteiger partial charge in [0.25, 0.3) is 0 Å². The van der Waals surface area contributed by atoms with E-state index < -0.39 is 47.1 Å². The molecule has 10 heteroatoms. The molecular formula is C18H11F6N2O2-. The molecule has 0 N–H and O–H groups in total. The maximum absolute atomic E-state index is 14.1. The Morgan fingerprint density at radius 1 is 1.14 bits per heavy atom. The van der Waals surface area contributed by atoms with Crippen molar-refractivity contribution in [3.05, 3.63) is 64.6 Å². The summed E-state index contributed by atoms with van der Waals surface area (Å²) in [5, 5.41) is 15.0. The Balaban J connectivity index is 2.17. The fourth-order valence-electron chi connectivity index (χ4n) is 2.91. The van der Waals surface area contributed by atoms with Crippen molar-refractivity contribution < 1.29 is 36.2 Å². The summed E-state index contributed by atoms with van der Waals surface area (Å²) in [5.41, 5.74) is -2.62. The number of carbonyl (C=O) groups excluding carboxylic acids is 1. The molecule has 0 atom stereocenters. The lowest BCUT2D eigenvalue weighted by Gasteiger charge is -2.18. The maximum Gasteiger partial charge on any atom is 0.416 e. The van der Waals surface area contributed by atoms with E-state index in [1.54, 1.807) is 0 Å². The van der Waals surface area contributed by atoms with Gasteiger partial charge in [0.2, 0.25) is 0 Å². The van der Waals surface area contributed by atoms with E-state index >= 15 is 0 Å². The molecule has 0 radical (unpaired) electrons. The van der Waals surface area contributed by atoms with E-state index in [-0.39, 0.29) is 5.52 Å². The molecule has 1 aromatic heterocycles. The Bertz CT molecular complexity index is 1070. The van der Waals surface area contributed by atoms with E-state index in [0.29, 0.717) is 17.1 Å². The van der Waals surface area contributed by atoms with Crippen molar-refractivity contribution in [1.29, 1.82) is 0 Å². The number of aromatic nitrogens is 2. The summed E-state index contributed by atoms with van der Waals surface area (Å²) < 4.78 is 82.1. The molecule has 0 aliphatic carbocycles. The van der Waals surface area contributed by atoms with Crippen molar-refractivity contribution in [2.24, 2.45) is 0 Å². The lowest BCUT2D eigenvalue weighted by atomic mass is 10.0. The molecule has 28 heavy (non-hydrogen) atoms. The van der Waals surface area contributed by atoms with Crippen LogP contribution in [0.1, 0.15) is 22.4 Å². The van der Waals surface area contributed by atoms with Crippen LogP contribution >= 0.6 is 0 Å². The Morgan fingerprint density at radius 3 is 2.43 bits per heavy atom. The number of carbonyl (C=O) groups is 1. The monoisotopic (exact) mass is 401 g/mol. The van der Waals surface area contributed by atoms with Gasteiger partial charge in [-0.3, -0.25) is 4.68 Å². The first-order valence-electron chi connectivity index (χ1n) is 7.84. The number of carboxylic acids is 1. The predicted molar refractivity (Wildman–Crippen MR) is 83.9 cm³/mol. The number of nitrogens with zero attached hydrogens (tertiary/aromatic N) is 2. The molecule has 0 fully saturated rings. The number of aryl methyl sites for hydroxylation is 1. The zero-order valence-electron chi connectivity index (χ0n) is 14.1. The molecule has 3 aromatic rings. The van der Waals surface area contributed by atoms with E-state index in [0.717, 1.165) is 28.9 Å². The maximum atomic E-state index is 14.1. The molecule has 2 aromatic carbocycles. The van der Waals surface area contributed by atoms with Crippen LogP contribution in [0.25, 0.3) is 10.9 Å². The van der Waals surface area contributed by atoms with Gasteiger partial charge in [0.1, 0.15) is 11.8 Å². The third-order valence-corrected chi connectivity index (χ3v) is 4.29. The second-order valence-electron chi connectivity index (χ2n) is 6.10. The topological polar surface area (TPSA) is 58.0 Å². The minimum atomic E-state index is -4.83. The quantitative estimate of drug-likeness (QED) is 0.630. The fraction of sp³-hybridized carbons (Fsp3) is 0.222. The van der Waals surface area contributed by atoms with Crippen LogP contribution in [0.15, 0.2) is 36.4 Å². The zero-order chi connectivity index (χ0) is 20.9. The van der Waals surface area contributed by atoms with Crippen molar-refractivity contribution in [2.45, 2.75) is 25.6 Å². The van der Waals surface area contributed by atoms with Crippen LogP contribution in [0.4, 0.5) is 26.3 Å². The van der Waals surface area contributed by atoms with Crippen molar-refractivity contribution in [1.82, 2.24) is 9.78 Å². The van der Waals surface area contributed by atoms with Gasteiger partial charge in [-0.25, -0.2) is 4.39 Å². The first kappa shape index (κ1) is 19.7. The highest BCUT2D eigenvalue weighted by molar-refractivity contribution is 5.85. The van der Waals surface area contributed by atoms with Crippen LogP contribution in [-0.4, -0.2) is 15.7 Å². The highest BCUT2D eigenvalue weighted by Crippen LogP contribution is 2.35. The number of carboxylic acid groups (broad SMARTS) is 1. The highest BCUT2D eigenvalue weighted by Gasteiger charge is 2.36. The predicted octanol–water partition coefficient (Wildman–Crippen LogP) is 3.39. The molecule has 0 aliphatic rings. The fourth-order valence-corrected chi connectivity index (χ4v) is 2.91. The summed E-state index contributed by atoms with van der Waals surface area (Å²) in [5.74, 6) is -8.07. The van der Waals surface area contributed by atoms with Gasteiger partial charge < -0.3 is 9.90 Å². The molecule has 0 saturated carbocycles. The third kappa shape index (κ3) is 3.30. The van der Waals surface area contributed by atoms with Gasteiger partial charge in [0.15, 0.2) is 0 Å². The molecule has 0 bridgehead atoms. The van der Waals surface area contributed by atoms with Crippen LogP contribution in [0.3, 0.4) is 0 Å². The molecule has 3 rings (SSSR count). The number of halogens is 6. The van der Waals surface area contributed by atoms with Crippen LogP contribution in [0, 0.1) is 12.7 Å².